The summed E-state index contributed by atoms with van der Waals surface area (Å²) in [4.78, 5) is 29.3. The van der Waals surface area contributed by atoms with Crippen molar-refractivity contribution in [1.82, 2.24) is 24.7 Å². The summed E-state index contributed by atoms with van der Waals surface area (Å²) in [5, 5.41) is 0. The smallest absolute Gasteiger partial charge is 0.269 e. The third-order valence-corrected chi connectivity index (χ3v) is 6.49. The maximum absolute atomic E-state index is 12.4. The highest BCUT2D eigenvalue weighted by Crippen LogP contribution is 2.18. The zero-order valence-corrected chi connectivity index (χ0v) is 17.9. The Kier molecular flexibility index (Phi) is 5.90. The minimum absolute atomic E-state index is 0.0150. The Balaban J connectivity index is 1.73. The first kappa shape index (κ1) is 21.5. The molecule has 2 amide bonds. The summed E-state index contributed by atoms with van der Waals surface area (Å²) in [5.74, 6) is -0.289. The largest absolute Gasteiger partial charge is 0.329 e. The molecule has 1 aromatic heterocycles. The normalized spacial score (nSPS) is 11.6. The van der Waals surface area contributed by atoms with Crippen molar-refractivity contribution in [3.8, 4) is 0 Å². The number of hydrogen-bond donors (Lipinski definition) is 2. The molecular weight excluding hydrogens is 406 g/mol. The molecule has 0 bridgehead atoms. The fourth-order valence-electron chi connectivity index (χ4n) is 3.06. The van der Waals surface area contributed by atoms with Crippen molar-refractivity contribution in [1.29, 1.82) is 0 Å². The first-order chi connectivity index (χ1) is 14.1. The number of carbonyl (C=O) groups is 2. The van der Waals surface area contributed by atoms with Gasteiger partial charge in [0.2, 0.25) is 10.0 Å². The lowest BCUT2D eigenvalue weighted by Gasteiger charge is -2.12. The molecule has 0 saturated heterocycles. The second-order valence-electron chi connectivity index (χ2n) is 6.83. The number of imidazole rings is 1. The van der Waals surface area contributed by atoms with Crippen LogP contribution in [-0.2, 0) is 16.6 Å². The van der Waals surface area contributed by atoms with Gasteiger partial charge in [0.05, 0.1) is 15.9 Å². The average molecular weight is 430 g/mol. The molecule has 9 nitrogen and oxygen atoms in total. The number of benzene rings is 2. The topological polar surface area (TPSA) is 113 Å². The second-order valence-corrected chi connectivity index (χ2v) is 8.98. The molecule has 3 aromatic rings. The Bertz CT molecular complexity index is 1230. The lowest BCUT2D eigenvalue weighted by molar-refractivity contribution is 0.0846. The van der Waals surface area contributed by atoms with Crippen LogP contribution in [-0.4, -0.2) is 48.2 Å². The van der Waals surface area contributed by atoms with Crippen molar-refractivity contribution in [2.45, 2.75) is 25.3 Å². The van der Waals surface area contributed by atoms with Crippen LogP contribution < -0.4 is 10.9 Å². The van der Waals surface area contributed by atoms with Gasteiger partial charge in [0, 0.05) is 31.8 Å². The van der Waals surface area contributed by atoms with Crippen LogP contribution in [0.3, 0.4) is 0 Å². The van der Waals surface area contributed by atoms with Crippen molar-refractivity contribution < 1.29 is 18.0 Å². The van der Waals surface area contributed by atoms with Gasteiger partial charge in [-0.05, 0) is 50.2 Å². The van der Waals surface area contributed by atoms with Gasteiger partial charge >= 0.3 is 0 Å². The van der Waals surface area contributed by atoms with Crippen molar-refractivity contribution in [2.24, 2.45) is 0 Å². The lowest BCUT2D eigenvalue weighted by Crippen LogP contribution is -2.41. The molecule has 0 aliphatic carbocycles. The molecule has 0 aliphatic rings. The summed E-state index contributed by atoms with van der Waals surface area (Å²) in [6.07, 6.45) is 0. The minimum Gasteiger partial charge on any atom is -0.329 e. The number of nitrogens with zero attached hydrogens (tertiary/aromatic N) is 3. The monoisotopic (exact) mass is 429 g/mol. The summed E-state index contributed by atoms with van der Waals surface area (Å²) in [5.41, 5.74) is 6.71. The van der Waals surface area contributed by atoms with Gasteiger partial charge in [0.15, 0.2) is 0 Å². The van der Waals surface area contributed by atoms with E-state index in [0.29, 0.717) is 11.1 Å². The van der Waals surface area contributed by atoms with Crippen molar-refractivity contribution in [3.05, 3.63) is 59.4 Å². The Morgan fingerprint density at radius 3 is 2.27 bits per heavy atom. The molecule has 0 unspecified atom stereocenters. The molecule has 0 fully saturated rings. The van der Waals surface area contributed by atoms with Crippen LogP contribution in [0.5, 0.6) is 0 Å². The molecule has 0 radical (unpaired) electrons. The third kappa shape index (κ3) is 4.05. The van der Waals surface area contributed by atoms with E-state index in [1.807, 2.05) is 24.5 Å². The van der Waals surface area contributed by atoms with Crippen molar-refractivity contribution in [2.75, 3.05) is 14.1 Å². The molecule has 1 heterocycles. The van der Waals surface area contributed by atoms with Gasteiger partial charge < -0.3 is 4.57 Å². The quantitative estimate of drug-likeness (QED) is 0.599. The van der Waals surface area contributed by atoms with Crippen LogP contribution in [0, 0.1) is 6.92 Å². The number of hydrogen-bond acceptors (Lipinski definition) is 5. The maximum Gasteiger partial charge on any atom is 0.269 e. The van der Waals surface area contributed by atoms with Gasteiger partial charge in [-0.1, -0.05) is 6.07 Å². The van der Waals surface area contributed by atoms with E-state index in [1.165, 1.54) is 38.4 Å². The van der Waals surface area contributed by atoms with Crippen LogP contribution in [0.25, 0.3) is 11.0 Å². The summed E-state index contributed by atoms with van der Waals surface area (Å²) >= 11 is 0. The van der Waals surface area contributed by atoms with Crippen LogP contribution in [0.15, 0.2) is 47.4 Å². The number of aromatic nitrogens is 2. The van der Waals surface area contributed by atoms with E-state index in [9.17, 15) is 18.0 Å². The zero-order valence-electron chi connectivity index (χ0n) is 17.1. The molecule has 10 heteroatoms. The van der Waals surface area contributed by atoms with E-state index in [-0.39, 0.29) is 10.5 Å². The summed E-state index contributed by atoms with van der Waals surface area (Å²) in [6.45, 7) is 4.68. The number of amides is 2. The van der Waals surface area contributed by atoms with Crippen LogP contribution >= 0.6 is 0 Å². The number of carbonyl (C=O) groups excluding carboxylic acids is 2. The summed E-state index contributed by atoms with van der Waals surface area (Å²) in [6, 6.07) is 10.7. The molecule has 158 valence electrons. The molecule has 3 rings (SSSR count). The van der Waals surface area contributed by atoms with Crippen LogP contribution in [0.2, 0.25) is 0 Å². The third-order valence-electron chi connectivity index (χ3n) is 4.68. The molecule has 2 N–H and O–H groups in total. The van der Waals surface area contributed by atoms with Gasteiger partial charge in [-0.15, -0.1) is 0 Å². The summed E-state index contributed by atoms with van der Waals surface area (Å²) < 4.78 is 27.6. The van der Waals surface area contributed by atoms with Crippen LogP contribution in [0.1, 0.15) is 33.5 Å². The highest BCUT2D eigenvalue weighted by Gasteiger charge is 2.19. The van der Waals surface area contributed by atoms with E-state index in [1.54, 1.807) is 12.1 Å². The minimum atomic E-state index is -3.67. The molecule has 30 heavy (non-hydrogen) atoms. The Morgan fingerprint density at radius 2 is 1.67 bits per heavy atom. The van der Waals surface area contributed by atoms with E-state index in [2.05, 4.69) is 15.8 Å². The molecule has 2 aromatic carbocycles. The first-order valence-corrected chi connectivity index (χ1v) is 10.7. The number of fused-ring (bicyclic) bond motifs is 1. The Hall–Kier alpha value is -3.24. The van der Waals surface area contributed by atoms with Crippen molar-refractivity contribution >= 4 is 32.9 Å². The van der Waals surface area contributed by atoms with Gasteiger partial charge in [0.25, 0.3) is 11.8 Å². The highest BCUT2D eigenvalue weighted by molar-refractivity contribution is 7.89. The van der Waals surface area contributed by atoms with Crippen molar-refractivity contribution in [3.63, 3.8) is 0 Å². The van der Waals surface area contributed by atoms with Gasteiger partial charge in [0.1, 0.15) is 5.82 Å². The van der Waals surface area contributed by atoms with Gasteiger partial charge in [-0.25, -0.2) is 17.7 Å². The summed E-state index contributed by atoms with van der Waals surface area (Å²) in [7, 11) is -0.861. The Labute approximate surface area is 174 Å². The van der Waals surface area contributed by atoms with Crippen LogP contribution in [0.4, 0.5) is 0 Å². The SMILES string of the molecule is CCn1c(C)nc2cc(C(=O)NNC(=O)c3cccc(S(=O)(=O)N(C)C)c3)ccc21. The number of hydrazine groups is 1. The highest BCUT2D eigenvalue weighted by atomic mass is 32.2. The average Bonchev–Trinajstić information content (AvgIpc) is 3.05. The predicted octanol–water partition coefficient (Wildman–Crippen LogP) is 1.69. The molecular formula is C20H23N5O4S. The maximum atomic E-state index is 12.4. The number of aryl methyl sites for hydroxylation is 2. The van der Waals surface area contributed by atoms with E-state index in [4.69, 9.17) is 0 Å². The first-order valence-electron chi connectivity index (χ1n) is 9.25. The molecule has 0 spiro atoms. The Morgan fingerprint density at radius 1 is 1.03 bits per heavy atom. The van der Waals surface area contributed by atoms with E-state index >= 15 is 0 Å². The predicted molar refractivity (Wildman–Crippen MR) is 112 cm³/mol. The molecule has 0 saturated carbocycles. The van der Waals surface area contributed by atoms with Gasteiger partial charge in [-0.2, -0.15) is 0 Å². The van der Waals surface area contributed by atoms with E-state index in [0.717, 1.165) is 22.2 Å². The van der Waals surface area contributed by atoms with E-state index < -0.39 is 21.8 Å². The fourth-order valence-corrected chi connectivity index (χ4v) is 4.01. The second kappa shape index (κ2) is 8.25. The number of rotatable bonds is 5. The number of nitrogens with one attached hydrogen (secondary N) is 2. The fraction of sp³-hybridized carbons (Fsp3) is 0.250. The zero-order chi connectivity index (χ0) is 22.1. The lowest BCUT2D eigenvalue weighted by atomic mass is 10.2. The molecule has 0 aliphatic heterocycles. The molecule has 0 atom stereocenters. The van der Waals surface area contributed by atoms with Gasteiger partial charge in [-0.3, -0.25) is 20.4 Å². The number of sulfonamides is 1. The standard InChI is InChI=1S/C20H23N5O4S/c1-5-25-13(2)21-17-12-15(9-10-18(17)25)20(27)23-22-19(26)14-7-6-8-16(11-14)30(28,29)24(3)4/h6-12H,5H2,1-4H3,(H,22,26)(H,23,27).